The van der Waals surface area contributed by atoms with Crippen molar-refractivity contribution in [1.29, 1.82) is 0 Å². The van der Waals surface area contributed by atoms with Crippen molar-refractivity contribution in [3.8, 4) is 11.5 Å². The number of sulfone groups is 1. The topological polar surface area (TPSA) is 160 Å². The summed E-state index contributed by atoms with van der Waals surface area (Å²) < 4.78 is 79.9. The number of rotatable bonds is 14. The van der Waals surface area contributed by atoms with Crippen LogP contribution < -0.4 is 15.0 Å². The van der Waals surface area contributed by atoms with Crippen LogP contribution in [0.3, 0.4) is 0 Å². The molecule has 5 aromatic rings. The van der Waals surface area contributed by atoms with E-state index in [0.29, 0.717) is 75.9 Å². The van der Waals surface area contributed by atoms with E-state index in [4.69, 9.17) is 21.1 Å². The predicted molar refractivity (Wildman–Crippen MR) is 244 cm³/mol. The average Bonchev–Trinajstić information content (AvgIpc) is 3.74. The molecular formula is C47H50ClF3N6O7S. The van der Waals surface area contributed by atoms with Gasteiger partial charge in [0.25, 0.3) is 5.69 Å². The van der Waals surface area contributed by atoms with Crippen molar-refractivity contribution in [1.82, 2.24) is 14.9 Å². The lowest BCUT2D eigenvalue weighted by Crippen LogP contribution is -2.47. The molecule has 2 aliphatic heterocycles. The number of fused-ring (bicyclic) bond motifs is 1. The van der Waals surface area contributed by atoms with E-state index < -0.39 is 43.7 Å². The summed E-state index contributed by atoms with van der Waals surface area (Å²) in [6, 6.07) is 15.8. The Kier molecular flexibility index (Phi) is 13.3. The van der Waals surface area contributed by atoms with Crippen LogP contribution in [0.2, 0.25) is 5.02 Å². The maximum atomic E-state index is 14.0. The number of halogens is 4. The van der Waals surface area contributed by atoms with Crippen molar-refractivity contribution in [2.45, 2.75) is 57.0 Å². The van der Waals surface area contributed by atoms with Gasteiger partial charge in [0.1, 0.15) is 28.6 Å². The number of pyridine rings is 1. The van der Waals surface area contributed by atoms with Gasteiger partial charge in [0.2, 0.25) is 0 Å². The van der Waals surface area contributed by atoms with E-state index in [0.717, 1.165) is 66.1 Å². The third-order valence-electron chi connectivity index (χ3n) is 12.5. The molecule has 1 atom stereocenters. The second-order valence-corrected chi connectivity index (χ2v) is 20.2. The summed E-state index contributed by atoms with van der Waals surface area (Å²) in [5.41, 5.74) is 3.10. The number of nitrogens with one attached hydrogen (secondary N) is 2. The highest BCUT2D eigenvalue weighted by Crippen LogP contribution is 2.46. The number of benzene rings is 3. The lowest BCUT2D eigenvalue weighted by Gasteiger charge is -2.39. The number of nitro benzene ring substituents is 1. The average molecular weight is 935 g/mol. The number of ketones is 1. The van der Waals surface area contributed by atoms with Gasteiger partial charge in [-0.2, -0.15) is 13.2 Å². The number of anilines is 2. The Hall–Kier alpha value is -5.49. The first-order valence-corrected chi connectivity index (χ1v) is 23.6. The maximum absolute atomic E-state index is 14.0. The zero-order valence-electron chi connectivity index (χ0n) is 36.0. The molecule has 4 heterocycles. The molecule has 65 heavy (non-hydrogen) atoms. The third-order valence-corrected chi connectivity index (χ3v) is 14.4. The number of alkyl halides is 3. The first kappa shape index (κ1) is 46.1. The zero-order chi connectivity index (χ0) is 46.1. The van der Waals surface area contributed by atoms with Crippen LogP contribution in [-0.4, -0.2) is 92.2 Å². The highest BCUT2D eigenvalue weighted by molar-refractivity contribution is 7.92. The maximum Gasteiger partial charge on any atom is 0.416 e. The summed E-state index contributed by atoms with van der Waals surface area (Å²) in [7, 11) is -4.36. The van der Waals surface area contributed by atoms with Gasteiger partial charge in [-0.05, 0) is 103 Å². The van der Waals surface area contributed by atoms with Crippen molar-refractivity contribution < 1.29 is 40.8 Å². The van der Waals surface area contributed by atoms with Crippen LogP contribution in [0, 0.1) is 21.4 Å². The quantitative estimate of drug-likeness (QED) is 0.0620. The molecule has 344 valence electrons. The molecule has 3 aromatic carbocycles. The standard InChI is InChI=1S/C47H50ClF3N6O7S/c1-46(2)13-11-32(39(24-46)37-8-5-33(21-40(37)48)47(49,50)51)27-55-15-17-56(18-16-55)34-6-9-38(44(22-34)64-35-20-31-12-14-52-45(31)54-26-35)43(58)29-65(61,62)36-7-10-41(42(23-36)57(59)60)53-25-30-4-3-19-63-28-30/h5-10,12,14,20-23,26,30,53H,3-4,11,13,15-19,24-25,27-29H2,1-2H3,(H,52,54)/t30-/m0/s1. The van der Waals surface area contributed by atoms with Gasteiger partial charge in [0, 0.05) is 80.3 Å². The lowest BCUT2D eigenvalue weighted by atomic mass is 9.72. The Morgan fingerprint density at radius 2 is 1.88 bits per heavy atom. The van der Waals surface area contributed by atoms with E-state index in [2.05, 4.69) is 38.9 Å². The number of H-pyrrole nitrogens is 1. The Morgan fingerprint density at radius 1 is 1.08 bits per heavy atom. The molecule has 2 saturated heterocycles. The van der Waals surface area contributed by atoms with Crippen molar-refractivity contribution >= 4 is 60.9 Å². The number of hydrogen-bond donors (Lipinski definition) is 2. The molecule has 2 fully saturated rings. The van der Waals surface area contributed by atoms with E-state index in [-0.39, 0.29) is 38.3 Å². The minimum absolute atomic E-state index is 0.00855. The normalized spacial score (nSPS) is 18.5. The van der Waals surface area contributed by atoms with Crippen molar-refractivity contribution in [2.75, 3.05) is 68.5 Å². The number of piperazine rings is 1. The molecule has 8 rings (SSSR count). The number of ether oxygens (including phenoxy) is 2. The van der Waals surface area contributed by atoms with Crippen LogP contribution >= 0.6 is 11.6 Å². The molecule has 1 aliphatic carbocycles. The summed E-state index contributed by atoms with van der Waals surface area (Å²) in [4.78, 5) is 37.0. The molecule has 2 N–H and O–H groups in total. The number of nitrogens with zero attached hydrogens (tertiary/aromatic N) is 4. The molecule has 2 aromatic heterocycles. The Balaban J connectivity index is 1.01. The SMILES string of the molecule is CC1(C)CCC(CN2CCN(c3ccc(C(=O)CS(=O)(=O)c4ccc(NC[C@@H]5CCCOC5)c([N+](=O)[O-])c4)c(Oc4cnc5[nH]ccc5c4)c3)CC2)=C(c2ccc(C(F)(F)F)cc2Cl)C1. The van der Waals surface area contributed by atoms with Crippen molar-refractivity contribution in [3.63, 3.8) is 0 Å². The molecule has 0 radical (unpaired) electrons. The number of allylic oxidation sites excluding steroid dienone is 1. The summed E-state index contributed by atoms with van der Waals surface area (Å²) in [5.74, 6) is -1.13. The van der Waals surface area contributed by atoms with Gasteiger partial charge in [-0.3, -0.25) is 19.8 Å². The largest absolute Gasteiger partial charge is 0.455 e. The van der Waals surface area contributed by atoms with Crippen molar-refractivity contribution in [2.24, 2.45) is 11.3 Å². The smallest absolute Gasteiger partial charge is 0.416 e. The summed E-state index contributed by atoms with van der Waals surface area (Å²) in [6.45, 7) is 9.13. The number of aromatic amines is 1. The number of nitro groups is 1. The van der Waals surface area contributed by atoms with Crippen LogP contribution in [0.1, 0.15) is 67.4 Å². The first-order valence-electron chi connectivity index (χ1n) is 21.6. The monoisotopic (exact) mass is 934 g/mol. The zero-order valence-corrected chi connectivity index (χ0v) is 37.6. The Bertz CT molecular complexity index is 2750. The molecule has 18 heteroatoms. The number of carbonyl (C=O) groups is 1. The molecule has 0 unspecified atom stereocenters. The number of Topliss-reactive ketones (excluding diaryl/α,β-unsaturated/α-hetero) is 1. The Labute approximate surface area is 380 Å². The van der Waals surface area contributed by atoms with E-state index in [1.807, 2.05) is 6.07 Å². The van der Waals surface area contributed by atoms with Gasteiger partial charge in [-0.25, -0.2) is 13.4 Å². The second-order valence-electron chi connectivity index (χ2n) is 17.8. The molecule has 0 saturated carbocycles. The second kappa shape index (κ2) is 18.8. The highest BCUT2D eigenvalue weighted by atomic mass is 35.5. The van der Waals surface area contributed by atoms with Crippen LogP contribution in [0.15, 0.2) is 89.6 Å². The van der Waals surface area contributed by atoms with Gasteiger partial charge in [-0.15, -0.1) is 0 Å². The van der Waals surface area contributed by atoms with Gasteiger partial charge in [0.15, 0.2) is 15.6 Å². The predicted octanol–water partition coefficient (Wildman–Crippen LogP) is 10.2. The molecule has 0 amide bonds. The van der Waals surface area contributed by atoms with Crippen LogP contribution in [0.25, 0.3) is 16.6 Å². The molecule has 3 aliphatic rings. The molecular weight excluding hydrogens is 885 g/mol. The lowest BCUT2D eigenvalue weighted by molar-refractivity contribution is -0.384. The number of hydrogen-bond acceptors (Lipinski definition) is 11. The van der Waals surface area contributed by atoms with E-state index in [1.54, 1.807) is 24.4 Å². The fourth-order valence-electron chi connectivity index (χ4n) is 8.85. The number of aromatic nitrogens is 2. The summed E-state index contributed by atoms with van der Waals surface area (Å²) in [6.07, 6.45) is 2.96. The van der Waals surface area contributed by atoms with Gasteiger partial charge in [0.05, 0.1) is 33.7 Å². The van der Waals surface area contributed by atoms with Gasteiger partial charge in [-0.1, -0.05) is 37.1 Å². The molecule has 13 nitrogen and oxygen atoms in total. The van der Waals surface area contributed by atoms with Crippen LogP contribution in [-0.2, 0) is 20.8 Å². The first-order chi connectivity index (χ1) is 30.9. The Morgan fingerprint density at radius 3 is 2.60 bits per heavy atom. The van der Waals surface area contributed by atoms with E-state index in [1.165, 1.54) is 30.5 Å². The minimum Gasteiger partial charge on any atom is -0.455 e. The highest BCUT2D eigenvalue weighted by Gasteiger charge is 2.34. The van der Waals surface area contributed by atoms with Crippen molar-refractivity contribution in [3.05, 3.63) is 117 Å². The fourth-order valence-corrected chi connectivity index (χ4v) is 10.4. The van der Waals surface area contributed by atoms with Crippen LogP contribution in [0.5, 0.6) is 11.5 Å². The van der Waals surface area contributed by atoms with Crippen LogP contribution in [0.4, 0.5) is 30.2 Å². The summed E-state index contributed by atoms with van der Waals surface area (Å²) >= 11 is 6.54. The van der Waals surface area contributed by atoms with Gasteiger partial charge >= 0.3 is 6.18 Å². The van der Waals surface area contributed by atoms with E-state index >= 15 is 0 Å². The molecule has 0 bridgehead atoms. The fraction of sp³-hybridized carbons (Fsp3) is 0.404. The third kappa shape index (κ3) is 10.8. The van der Waals surface area contributed by atoms with E-state index in [9.17, 15) is 36.5 Å². The number of carbonyl (C=O) groups excluding carboxylic acids is 1. The minimum atomic E-state index is -4.49. The molecule has 0 spiro atoms. The summed E-state index contributed by atoms with van der Waals surface area (Å²) in [5, 5.41) is 16.0. The van der Waals surface area contributed by atoms with Gasteiger partial charge < -0.3 is 24.7 Å².